The van der Waals surface area contributed by atoms with Gasteiger partial charge < -0.3 is 20.1 Å². The van der Waals surface area contributed by atoms with Crippen LogP contribution in [-0.4, -0.2) is 32.1 Å². The SMILES string of the molecule is C#Cc1cccc(NC(=O)CNC(=O)c2cc(Br)c(OCC)c(OC)c2)c1. The third-order valence-corrected chi connectivity index (χ3v) is 4.09. The molecule has 0 heterocycles. The van der Waals surface area contributed by atoms with E-state index in [0.717, 1.165) is 0 Å². The summed E-state index contributed by atoms with van der Waals surface area (Å²) in [7, 11) is 1.49. The average molecular weight is 431 g/mol. The van der Waals surface area contributed by atoms with Crippen molar-refractivity contribution in [2.45, 2.75) is 6.92 Å². The van der Waals surface area contributed by atoms with Gasteiger partial charge in [0.05, 0.1) is 24.7 Å². The topological polar surface area (TPSA) is 76.7 Å². The van der Waals surface area contributed by atoms with Gasteiger partial charge in [-0.2, -0.15) is 0 Å². The van der Waals surface area contributed by atoms with Crippen molar-refractivity contribution in [2.24, 2.45) is 0 Å². The lowest BCUT2D eigenvalue weighted by Gasteiger charge is -2.13. The Morgan fingerprint density at radius 3 is 2.70 bits per heavy atom. The third-order valence-electron chi connectivity index (χ3n) is 3.50. The lowest BCUT2D eigenvalue weighted by atomic mass is 10.2. The lowest BCUT2D eigenvalue weighted by molar-refractivity contribution is -0.115. The number of halogens is 1. The number of hydrogen-bond donors (Lipinski definition) is 2. The zero-order valence-corrected chi connectivity index (χ0v) is 16.6. The molecule has 2 N–H and O–H groups in total. The number of anilines is 1. The predicted molar refractivity (Wildman–Crippen MR) is 107 cm³/mol. The number of ether oxygens (including phenoxy) is 2. The van der Waals surface area contributed by atoms with Gasteiger partial charge >= 0.3 is 0 Å². The zero-order valence-electron chi connectivity index (χ0n) is 15.0. The summed E-state index contributed by atoms with van der Waals surface area (Å²) in [5.74, 6) is 2.66. The Morgan fingerprint density at radius 1 is 1.26 bits per heavy atom. The van der Waals surface area contributed by atoms with Gasteiger partial charge in [0.2, 0.25) is 5.91 Å². The Hall–Kier alpha value is -2.98. The number of amides is 2. The molecule has 2 aromatic rings. The smallest absolute Gasteiger partial charge is 0.251 e. The molecule has 0 aromatic heterocycles. The van der Waals surface area contributed by atoms with Crippen molar-refractivity contribution in [3.8, 4) is 23.8 Å². The summed E-state index contributed by atoms with van der Waals surface area (Å²) in [5.41, 5.74) is 1.56. The summed E-state index contributed by atoms with van der Waals surface area (Å²) in [6.45, 7) is 2.12. The normalized spacial score (nSPS) is 9.85. The summed E-state index contributed by atoms with van der Waals surface area (Å²) in [4.78, 5) is 24.4. The summed E-state index contributed by atoms with van der Waals surface area (Å²) in [6.07, 6.45) is 5.33. The molecule has 0 bridgehead atoms. The number of benzene rings is 2. The van der Waals surface area contributed by atoms with E-state index in [-0.39, 0.29) is 12.5 Å². The quantitative estimate of drug-likeness (QED) is 0.661. The number of terminal acetylenes is 1. The first kappa shape index (κ1) is 20.3. The molecule has 0 saturated heterocycles. The van der Waals surface area contributed by atoms with Crippen LogP contribution in [0.4, 0.5) is 5.69 Å². The minimum absolute atomic E-state index is 0.188. The van der Waals surface area contributed by atoms with Gasteiger partial charge in [0.15, 0.2) is 11.5 Å². The van der Waals surface area contributed by atoms with Crippen molar-refractivity contribution in [1.82, 2.24) is 5.32 Å². The van der Waals surface area contributed by atoms with Gasteiger partial charge in [0, 0.05) is 16.8 Å². The van der Waals surface area contributed by atoms with E-state index in [2.05, 4.69) is 32.5 Å². The molecule has 2 rings (SSSR count). The van der Waals surface area contributed by atoms with Crippen LogP contribution in [0.25, 0.3) is 0 Å². The van der Waals surface area contributed by atoms with Crippen LogP contribution < -0.4 is 20.1 Å². The molecule has 0 fully saturated rings. The maximum Gasteiger partial charge on any atom is 0.251 e. The first-order valence-electron chi connectivity index (χ1n) is 8.13. The Balaban J connectivity index is 2.01. The highest BCUT2D eigenvalue weighted by Gasteiger charge is 2.16. The van der Waals surface area contributed by atoms with Gasteiger partial charge in [-0.05, 0) is 53.2 Å². The van der Waals surface area contributed by atoms with Gasteiger partial charge in [0.25, 0.3) is 5.91 Å². The van der Waals surface area contributed by atoms with Gasteiger partial charge in [-0.3, -0.25) is 9.59 Å². The van der Waals surface area contributed by atoms with Gasteiger partial charge in [-0.1, -0.05) is 12.0 Å². The Morgan fingerprint density at radius 2 is 2.04 bits per heavy atom. The van der Waals surface area contributed by atoms with Crippen molar-refractivity contribution in [3.63, 3.8) is 0 Å². The molecule has 0 spiro atoms. The number of carbonyl (C=O) groups excluding carboxylic acids is 2. The van der Waals surface area contributed by atoms with Crippen molar-refractivity contribution >= 4 is 33.4 Å². The second-order valence-electron chi connectivity index (χ2n) is 5.38. The first-order chi connectivity index (χ1) is 13.0. The number of carbonyl (C=O) groups is 2. The van der Waals surface area contributed by atoms with E-state index in [0.29, 0.717) is 39.4 Å². The molecular formula is C20H19BrN2O4. The molecule has 7 heteroatoms. The third kappa shape index (κ3) is 5.50. The molecule has 0 unspecified atom stereocenters. The van der Waals surface area contributed by atoms with E-state index in [4.69, 9.17) is 15.9 Å². The second kappa shape index (κ2) is 9.64. The van der Waals surface area contributed by atoms with E-state index in [1.165, 1.54) is 7.11 Å². The van der Waals surface area contributed by atoms with Gasteiger partial charge in [0.1, 0.15) is 0 Å². The Labute approximate surface area is 166 Å². The highest BCUT2D eigenvalue weighted by Crippen LogP contribution is 2.36. The molecule has 2 aromatic carbocycles. The molecule has 6 nitrogen and oxygen atoms in total. The predicted octanol–water partition coefficient (Wildman–Crippen LogP) is 3.21. The van der Waals surface area contributed by atoms with Crippen molar-refractivity contribution < 1.29 is 19.1 Å². The Bertz CT molecular complexity index is 890. The lowest BCUT2D eigenvalue weighted by Crippen LogP contribution is -2.32. The van der Waals surface area contributed by atoms with Crippen LogP contribution in [0.5, 0.6) is 11.5 Å². The standard InChI is InChI=1S/C20H19BrN2O4/c1-4-13-7-6-8-15(9-13)23-18(24)12-22-20(25)14-10-16(21)19(27-5-2)17(11-14)26-3/h1,6-11H,5,12H2,2-3H3,(H,22,25)(H,23,24). The summed E-state index contributed by atoms with van der Waals surface area (Å²) in [5, 5.41) is 5.25. The molecule has 2 amide bonds. The largest absolute Gasteiger partial charge is 0.493 e. The number of hydrogen-bond acceptors (Lipinski definition) is 4. The van der Waals surface area contributed by atoms with Crippen LogP contribution in [0.1, 0.15) is 22.8 Å². The number of rotatable bonds is 7. The fraction of sp³-hybridized carbons (Fsp3) is 0.200. The van der Waals surface area contributed by atoms with Gasteiger partial charge in [-0.15, -0.1) is 6.42 Å². The highest BCUT2D eigenvalue weighted by molar-refractivity contribution is 9.10. The van der Waals surface area contributed by atoms with Crippen LogP contribution in [0, 0.1) is 12.3 Å². The molecular weight excluding hydrogens is 412 g/mol. The van der Waals surface area contributed by atoms with E-state index in [9.17, 15) is 9.59 Å². The van der Waals surface area contributed by atoms with Crippen LogP contribution in [-0.2, 0) is 4.79 Å². The molecule has 27 heavy (non-hydrogen) atoms. The van der Waals surface area contributed by atoms with E-state index in [1.807, 2.05) is 6.92 Å². The summed E-state index contributed by atoms with van der Waals surface area (Å²) < 4.78 is 11.3. The summed E-state index contributed by atoms with van der Waals surface area (Å²) in [6, 6.07) is 10.1. The van der Waals surface area contributed by atoms with Crippen LogP contribution in [0.2, 0.25) is 0 Å². The minimum Gasteiger partial charge on any atom is -0.493 e. The van der Waals surface area contributed by atoms with E-state index < -0.39 is 5.91 Å². The van der Waals surface area contributed by atoms with Crippen molar-refractivity contribution in [2.75, 3.05) is 25.6 Å². The maximum absolute atomic E-state index is 12.4. The van der Waals surface area contributed by atoms with Crippen molar-refractivity contribution in [1.29, 1.82) is 0 Å². The molecule has 0 aliphatic carbocycles. The van der Waals surface area contributed by atoms with Crippen molar-refractivity contribution in [3.05, 3.63) is 52.0 Å². The van der Waals surface area contributed by atoms with Crippen LogP contribution in [0.3, 0.4) is 0 Å². The number of nitrogens with one attached hydrogen (secondary N) is 2. The highest BCUT2D eigenvalue weighted by atomic mass is 79.9. The summed E-state index contributed by atoms with van der Waals surface area (Å²) >= 11 is 3.37. The fourth-order valence-electron chi connectivity index (χ4n) is 2.29. The van der Waals surface area contributed by atoms with E-state index in [1.54, 1.807) is 36.4 Å². The molecule has 0 radical (unpaired) electrons. The number of methoxy groups -OCH3 is 1. The fourth-order valence-corrected chi connectivity index (χ4v) is 2.85. The molecule has 0 atom stereocenters. The zero-order chi connectivity index (χ0) is 19.8. The van der Waals surface area contributed by atoms with Crippen LogP contribution in [0.15, 0.2) is 40.9 Å². The molecule has 140 valence electrons. The molecule has 0 aliphatic heterocycles. The average Bonchev–Trinajstić information content (AvgIpc) is 2.67. The molecule has 0 aliphatic rings. The maximum atomic E-state index is 12.4. The Kier molecular flexibility index (Phi) is 7.26. The molecule has 0 saturated carbocycles. The van der Waals surface area contributed by atoms with E-state index >= 15 is 0 Å². The second-order valence-corrected chi connectivity index (χ2v) is 6.23. The minimum atomic E-state index is -0.412. The monoisotopic (exact) mass is 430 g/mol. The van der Waals surface area contributed by atoms with Crippen LogP contribution >= 0.6 is 15.9 Å². The first-order valence-corrected chi connectivity index (χ1v) is 8.92. The van der Waals surface area contributed by atoms with Gasteiger partial charge in [-0.25, -0.2) is 0 Å².